The Kier molecular flexibility index (Phi) is 4.33. The average molecular weight is 259 g/mol. The van der Waals surface area contributed by atoms with Crippen molar-refractivity contribution in [1.82, 2.24) is 9.97 Å². The third kappa shape index (κ3) is 3.55. The zero-order valence-corrected chi connectivity index (χ0v) is 11.4. The van der Waals surface area contributed by atoms with Crippen LogP contribution in [0.1, 0.15) is 18.1 Å². The minimum absolute atomic E-state index is 0.198. The van der Waals surface area contributed by atoms with Crippen LogP contribution in [-0.2, 0) is 6.42 Å². The molecule has 2 rings (SSSR count). The maximum absolute atomic E-state index is 5.83. The minimum Gasteiger partial charge on any atom is -0.328 e. The van der Waals surface area contributed by atoms with Gasteiger partial charge in [-0.3, -0.25) is 0 Å². The van der Waals surface area contributed by atoms with Gasteiger partial charge in [-0.1, -0.05) is 17.8 Å². The zero-order chi connectivity index (χ0) is 13.0. The monoisotopic (exact) mass is 259 g/mol. The number of rotatable bonds is 4. The molecule has 0 aliphatic rings. The molecule has 2 aromatic rings. The van der Waals surface area contributed by atoms with Gasteiger partial charge in [-0.25, -0.2) is 9.97 Å². The maximum atomic E-state index is 5.83. The van der Waals surface area contributed by atoms with Gasteiger partial charge in [0, 0.05) is 17.1 Å². The van der Waals surface area contributed by atoms with Crippen LogP contribution in [0, 0.1) is 6.92 Å². The van der Waals surface area contributed by atoms with E-state index in [0.29, 0.717) is 0 Å². The van der Waals surface area contributed by atoms with Gasteiger partial charge >= 0.3 is 0 Å². The van der Waals surface area contributed by atoms with Gasteiger partial charge in [0.25, 0.3) is 0 Å². The van der Waals surface area contributed by atoms with E-state index < -0.39 is 0 Å². The molecule has 0 spiro atoms. The fourth-order valence-electron chi connectivity index (χ4n) is 1.77. The lowest BCUT2D eigenvalue weighted by Gasteiger charge is -2.10. The highest BCUT2D eigenvalue weighted by Crippen LogP contribution is 2.27. The number of aryl methyl sites for hydroxylation is 1. The standard InChI is InChI=1S/C14H17N3S/c1-10-7-13(4-3-12(10)8-11(2)15)18-14-5-6-16-9-17-14/h3-7,9,11H,8,15H2,1-2H3. The van der Waals surface area contributed by atoms with Gasteiger partial charge in [-0.05, 0) is 49.6 Å². The fraction of sp³-hybridized carbons (Fsp3) is 0.286. The van der Waals surface area contributed by atoms with Crippen LogP contribution in [0.2, 0.25) is 0 Å². The number of hydrogen-bond acceptors (Lipinski definition) is 4. The van der Waals surface area contributed by atoms with Crippen molar-refractivity contribution in [2.45, 2.75) is 36.2 Å². The molecule has 1 aromatic carbocycles. The molecule has 2 N–H and O–H groups in total. The normalized spacial score (nSPS) is 12.4. The van der Waals surface area contributed by atoms with Crippen molar-refractivity contribution in [2.24, 2.45) is 5.73 Å². The van der Waals surface area contributed by atoms with Crippen LogP contribution in [-0.4, -0.2) is 16.0 Å². The third-order valence-electron chi connectivity index (χ3n) is 2.63. The van der Waals surface area contributed by atoms with E-state index in [4.69, 9.17) is 5.73 Å². The van der Waals surface area contributed by atoms with Gasteiger partial charge < -0.3 is 5.73 Å². The van der Waals surface area contributed by atoms with Crippen LogP contribution < -0.4 is 5.73 Å². The van der Waals surface area contributed by atoms with E-state index in [-0.39, 0.29) is 6.04 Å². The van der Waals surface area contributed by atoms with Crippen LogP contribution in [0.5, 0.6) is 0 Å². The second-order valence-corrected chi connectivity index (χ2v) is 5.51. The topological polar surface area (TPSA) is 51.8 Å². The molecule has 0 amide bonds. The summed E-state index contributed by atoms with van der Waals surface area (Å²) in [5, 5.41) is 0.962. The summed E-state index contributed by atoms with van der Waals surface area (Å²) in [4.78, 5) is 9.31. The van der Waals surface area contributed by atoms with E-state index in [1.54, 1.807) is 24.3 Å². The Morgan fingerprint density at radius 3 is 2.78 bits per heavy atom. The van der Waals surface area contributed by atoms with Crippen LogP contribution in [0.25, 0.3) is 0 Å². The molecule has 94 valence electrons. The van der Waals surface area contributed by atoms with E-state index in [1.165, 1.54) is 16.0 Å². The largest absolute Gasteiger partial charge is 0.328 e. The quantitative estimate of drug-likeness (QED) is 0.858. The Bertz CT molecular complexity index is 512. The minimum atomic E-state index is 0.198. The molecule has 0 bridgehead atoms. The van der Waals surface area contributed by atoms with Crippen LogP contribution >= 0.6 is 11.8 Å². The predicted molar refractivity (Wildman–Crippen MR) is 74.7 cm³/mol. The van der Waals surface area contributed by atoms with Gasteiger partial charge in [-0.15, -0.1) is 0 Å². The van der Waals surface area contributed by atoms with Crippen LogP contribution in [0.3, 0.4) is 0 Å². The molecule has 0 aliphatic carbocycles. The number of aromatic nitrogens is 2. The maximum Gasteiger partial charge on any atom is 0.116 e. The predicted octanol–water partition coefficient (Wildman–Crippen LogP) is 2.83. The van der Waals surface area contributed by atoms with Crippen molar-refractivity contribution in [2.75, 3.05) is 0 Å². The Hall–Kier alpha value is -1.39. The molecular formula is C14H17N3S. The molecule has 1 unspecified atom stereocenters. The van der Waals surface area contributed by atoms with Crippen molar-refractivity contribution < 1.29 is 0 Å². The first-order chi connectivity index (χ1) is 8.65. The van der Waals surface area contributed by atoms with Crippen molar-refractivity contribution in [3.8, 4) is 0 Å². The van der Waals surface area contributed by atoms with Crippen LogP contribution in [0.4, 0.5) is 0 Å². The Morgan fingerprint density at radius 1 is 1.33 bits per heavy atom. The van der Waals surface area contributed by atoms with Gasteiger partial charge in [-0.2, -0.15) is 0 Å². The third-order valence-corrected chi connectivity index (χ3v) is 3.57. The highest BCUT2D eigenvalue weighted by Gasteiger charge is 2.04. The fourth-order valence-corrected chi connectivity index (χ4v) is 2.61. The summed E-state index contributed by atoms with van der Waals surface area (Å²) in [6.07, 6.45) is 4.25. The lowest BCUT2D eigenvalue weighted by Crippen LogP contribution is -2.18. The van der Waals surface area contributed by atoms with E-state index in [1.807, 2.05) is 13.0 Å². The summed E-state index contributed by atoms with van der Waals surface area (Å²) in [6, 6.07) is 8.57. The SMILES string of the molecule is Cc1cc(Sc2ccncn2)ccc1CC(C)N. The van der Waals surface area contributed by atoms with Gasteiger partial charge in [0.15, 0.2) is 0 Å². The number of hydrogen-bond donors (Lipinski definition) is 1. The smallest absolute Gasteiger partial charge is 0.116 e. The van der Waals surface area contributed by atoms with Crippen LogP contribution in [0.15, 0.2) is 46.7 Å². The first kappa shape index (κ1) is 13.1. The summed E-state index contributed by atoms with van der Waals surface area (Å²) in [7, 11) is 0. The molecular weight excluding hydrogens is 242 g/mol. The van der Waals surface area contributed by atoms with Gasteiger partial charge in [0.2, 0.25) is 0 Å². The first-order valence-electron chi connectivity index (χ1n) is 5.94. The van der Waals surface area contributed by atoms with Crippen molar-refractivity contribution >= 4 is 11.8 Å². The molecule has 0 aliphatic heterocycles. The van der Waals surface area contributed by atoms with E-state index in [2.05, 4.69) is 35.1 Å². The van der Waals surface area contributed by atoms with E-state index in [9.17, 15) is 0 Å². The Morgan fingerprint density at radius 2 is 2.17 bits per heavy atom. The Balaban J connectivity index is 2.14. The van der Waals surface area contributed by atoms with Crippen molar-refractivity contribution in [3.63, 3.8) is 0 Å². The highest BCUT2D eigenvalue weighted by atomic mass is 32.2. The summed E-state index contributed by atoms with van der Waals surface area (Å²) < 4.78 is 0. The molecule has 0 saturated heterocycles. The second kappa shape index (κ2) is 5.98. The molecule has 18 heavy (non-hydrogen) atoms. The lowest BCUT2D eigenvalue weighted by atomic mass is 10.0. The number of nitrogens with zero attached hydrogens (tertiary/aromatic N) is 2. The molecule has 0 radical (unpaired) electrons. The van der Waals surface area contributed by atoms with E-state index >= 15 is 0 Å². The second-order valence-electron chi connectivity index (χ2n) is 4.42. The number of nitrogens with two attached hydrogens (primary N) is 1. The molecule has 0 fully saturated rings. The summed E-state index contributed by atoms with van der Waals surface area (Å²) in [6.45, 7) is 4.16. The number of benzene rings is 1. The summed E-state index contributed by atoms with van der Waals surface area (Å²) in [5.41, 5.74) is 8.43. The van der Waals surface area contributed by atoms with Crippen molar-refractivity contribution in [1.29, 1.82) is 0 Å². The summed E-state index contributed by atoms with van der Waals surface area (Å²) >= 11 is 1.65. The molecule has 0 saturated carbocycles. The van der Waals surface area contributed by atoms with Gasteiger partial charge in [0.1, 0.15) is 11.4 Å². The van der Waals surface area contributed by atoms with Crippen molar-refractivity contribution in [3.05, 3.63) is 47.9 Å². The zero-order valence-electron chi connectivity index (χ0n) is 10.6. The highest BCUT2D eigenvalue weighted by molar-refractivity contribution is 7.99. The van der Waals surface area contributed by atoms with E-state index in [0.717, 1.165) is 11.4 Å². The molecule has 4 heteroatoms. The molecule has 1 heterocycles. The summed E-state index contributed by atoms with van der Waals surface area (Å²) in [5.74, 6) is 0. The lowest BCUT2D eigenvalue weighted by molar-refractivity contribution is 0.734. The first-order valence-corrected chi connectivity index (χ1v) is 6.76. The molecule has 1 aromatic heterocycles. The Labute approximate surface area is 112 Å². The average Bonchev–Trinajstić information content (AvgIpc) is 2.33. The molecule has 3 nitrogen and oxygen atoms in total. The van der Waals surface area contributed by atoms with Gasteiger partial charge in [0.05, 0.1) is 0 Å². The molecule has 1 atom stereocenters.